The van der Waals surface area contributed by atoms with Crippen molar-refractivity contribution < 1.29 is 17.9 Å². The van der Waals surface area contributed by atoms with E-state index in [0.717, 1.165) is 0 Å². The first kappa shape index (κ1) is 14.7. The van der Waals surface area contributed by atoms with Gasteiger partial charge in [-0.3, -0.25) is 0 Å². The zero-order valence-corrected chi connectivity index (χ0v) is 11.2. The van der Waals surface area contributed by atoms with Gasteiger partial charge in [-0.25, -0.2) is 9.52 Å². The van der Waals surface area contributed by atoms with Crippen LogP contribution in [0.1, 0.15) is 20.8 Å². The summed E-state index contributed by atoms with van der Waals surface area (Å²) in [7, 11) is -3.84. The average Bonchev–Trinajstić information content (AvgIpc) is 1.99. The lowest BCUT2D eigenvalue weighted by Crippen LogP contribution is -2.45. The SMILES string of the molecule is CC(CBr)NS(=O)(=O)NC(=O)OC(C)C. The number of ether oxygens (including phenoxy) is 1. The lowest BCUT2D eigenvalue weighted by molar-refractivity contribution is 0.121. The molecule has 8 heteroatoms. The topological polar surface area (TPSA) is 84.5 Å². The second kappa shape index (κ2) is 6.29. The van der Waals surface area contributed by atoms with Crippen molar-refractivity contribution in [3.05, 3.63) is 0 Å². The molecule has 0 saturated heterocycles. The Bertz CT molecular complexity index is 304. The van der Waals surface area contributed by atoms with Gasteiger partial charge in [0, 0.05) is 11.4 Å². The van der Waals surface area contributed by atoms with Gasteiger partial charge in [0.25, 0.3) is 0 Å². The molecule has 0 aliphatic rings. The number of nitrogens with one attached hydrogen (secondary N) is 2. The van der Waals surface area contributed by atoms with Gasteiger partial charge >= 0.3 is 16.3 Å². The van der Waals surface area contributed by atoms with E-state index in [-0.39, 0.29) is 12.1 Å². The van der Waals surface area contributed by atoms with Crippen molar-refractivity contribution >= 4 is 32.2 Å². The van der Waals surface area contributed by atoms with Crippen LogP contribution in [0.5, 0.6) is 0 Å². The third kappa shape index (κ3) is 7.57. The normalized spacial score (nSPS) is 13.7. The van der Waals surface area contributed by atoms with Gasteiger partial charge in [-0.1, -0.05) is 15.9 Å². The van der Waals surface area contributed by atoms with Crippen molar-refractivity contribution in [2.75, 3.05) is 5.33 Å². The number of hydrogen-bond donors (Lipinski definition) is 2. The van der Waals surface area contributed by atoms with E-state index in [1.165, 1.54) is 0 Å². The molecule has 0 aromatic rings. The van der Waals surface area contributed by atoms with Crippen molar-refractivity contribution in [3.63, 3.8) is 0 Å². The third-order valence-corrected chi connectivity index (χ3v) is 3.27. The molecule has 15 heavy (non-hydrogen) atoms. The fourth-order valence-corrected chi connectivity index (χ4v) is 1.99. The molecule has 0 rings (SSSR count). The van der Waals surface area contributed by atoms with E-state index >= 15 is 0 Å². The lowest BCUT2D eigenvalue weighted by Gasteiger charge is -2.13. The Morgan fingerprint density at radius 2 is 1.93 bits per heavy atom. The Morgan fingerprint density at radius 1 is 1.40 bits per heavy atom. The van der Waals surface area contributed by atoms with E-state index in [4.69, 9.17) is 0 Å². The predicted molar refractivity (Wildman–Crippen MR) is 60.1 cm³/mol. The standard InChI is InChI=1S/C7H15BrN2O4S/c1-5(2)14-7(11)10-15(12,13)9-6(3)4-8/h5-6,9H,4H2,1-3H3,(H,10,11). The van der Waals surface area contributed by atoms with Gasteiger partial charge in [-0.2, -0.15) is 13.1 Å². The minimum Gasteiger partial charge on any atom is -0.446 e. The average molecular weight is 303 g/mol. The Hall–Kier alpha value is -0.340. The predicted octanol–water partition coefficient (Wildman–Crippen LogP) is 0.739. The van der Waals surface area contributed by atoms with E-state index in [2.05, 4.69) is 25.4 Å². The Balaban J connectivity index is 4.20. The molecule has 0 spiro atoms. The highest BCUT2D eigenvalue weighted by atomic mass is 79.9. The van der Waals surface area contributed by atoms with Gasteiger partial charge in [-0.15, -0.1) is 0 Å². The van der Waals surface area contributed by atoms with Crippen LogP contribution in [-0.4, -0.2) is 32.0 Å². The molecule has 1 unspecified atom stereocenters. The molecule has 0 aliphatic heterocycles. The molecule has 0 aliphatic carbocycles. The second-order valence-corrected chi connectivity index (χ2v) is 5.33. The first-order valence-corrected chi connectivity index (χ1v) is 6.94. The van der Waals surface area contributed by atoms with Gasteiger partial charge in [0.05, 0.1) is 6.10 Å². The van der Waals surface area contributed by atoms with Crippen molar-refractivity contribution in [3.8, 4) is 0 Å². The molecular weight excluding hydrogens is 288 g/mol. The molecule has 2 N–H and O–H groups in total. The largest absolute Gasteiger partial charge is 0.446 e. The maximum Gasteiger partial charge on any atom is 0.422 e. The zero-order chi connectivity index (χ0) is 12.1. The first-order chi connectivity index (χ1) is 6.76. The van der Waals surface area contributed by atoms with Crippen LogP contribution >= 0.6 is 15.9 Å². The Morgan fingerprint density at radius 3 is 2.33 bits per heavy atom. The van der Waals surface area contributed by atoms with Crippen LogP contribution < -0.4 is 9.44 Å². The Kier molecular flexibility index (Phi) is 6.15. The van der Waals surface area contributed by atoms with Crippen LogP contribution in [0.15, 0.2) is 0 Å². The first-order valence-electron chi connectivity index (χ1n) is 4.33. The van der Waals surface area contributed by atoms with E-state index in [1.807, 2.05) is 0 Å². The number of halogens is 1. The van der Waals surface area contributed by atoms with Crippen LogP contribution in [-0.2, 0) is 14.9 Å². The summed E-state index contributed by atoms with van der Waals surface area (Å²) in [4.78, 5) is 11.0. The zero-order valence-electron chi connectivity index (χ0n) is 8.78. The number of alkyl halides is 1. The molecule has 1 amide bonds. The minimum atomic E-state index is -3.84. The number of carbonyl (C=O) groups excluding carboxylic acids is 1. The smallest absolute Gasteiger partial charge is 0.422 e. The third-order valence-electron chi connectivity index (χ3n) is 1.15. The summed E-state index contributed by atoms with van der Waals surface area (Å²) in [5, 5.41) is 0.452. The molecule has 0 saturated carbocycles. The lowest BCUT2D eigenvalue weighted by atomic mass is 10.4. The summed E-state index contributed by atoms with van der Waals surface area (Å²) in [6.07, 6.45) is -1.35. The van der Waals surface area contributed by atoms with Gasteiger partial charge in [0.15, 0.2) is 0 Å². The summed E-state index contributed by atoms with van der Waals surface area (Å²) in [5.74, 6) is 0. The summed E-state index contributed by atoms with van der Waals surface area (Å²) in [6, 6.07) is -0.311. The van der Waals surface area contributed by atoms with Crippen molar-refractivity contribution in [1.29, 1.82) is 0 Å². The van der Waals surface area contributed by atoms with Crippen LogP contribution in [0, 0.1) is 0 Å². The van der Waals surface area contributed by atoms with Gasteiger partial charge in [0.1, 0.15) is 0 Å². The molecule has 0 aromatic heterocycles. The van der Waals surface area contributed by atoms with Crippen molar-refractivity contribution in [2.24, 2.45) is 0 Å². The summed E-state index contributed by atoms with van der Waals surface area (Å²) >= 11 is 3.10. The number of rotatable bonds is 5. The second-order valence-electron chi connectivity index (χ2n) is 3.23. The molecule has 0 aromatic carbocycles. The van der Waals surface area contributed by atoms with Crippen LogP contribution in [0.2, 0.25) is 0 Å². The van der Waals surface area contributed by atoms with Crippen molar-refractivity contribution in [2.45, 2.75) is 32.9 Å². The fraction of sp³-hybridized carbons (Fsp3) is 0.857. The molecule has 90 valence electrons. The monoisotopic (exact) mass is 302 g/mol. The maximum atomic E-state index is 11.2. The van der Waals surface area contributed by atoms with Gasteiger partial charge in [0.2, 0.25) is 0 Å². The molecule has 0 radical (unpaired) electrons. The van der Waals surface area contributed by atoms with E-state index in [0.29, 0.717) is 5.33 Å². The van der Waals surface area contributed by atoms with Crippen LogP contribution in [0.25, 0.3) is 0 Å². The Labute approximate surface area is 98.1 Å². The molecule has 0 heterocycles. The molecule has 6 nitrogen and oxygen atoms in total. The summed E-state index contributed by atoms with van der Waals surface area (Å²) in [6.45, 7) is 4.91. The van der Waals surface area contributed by atoms with E-state index < -0.39 is 16.3 Å². The van der Waals surface area contributed by atoms with Gasteiger partial charge in [-0.05, 0) is 20.8 Å². The van der Waals surface area contributed by atoms with Crippen LogP contribution in [0.3, 0.4) is 0 Å². The number of hydrogen-bond acceptors (Lipinski definition) is 4. The highest BCUT2D eigenvalue weighted by Crippen LogP contribution is 1.93. The molecule has 0 bridgehead atoms. The van der Waals surface area contributed by atoms with E-state index in [1.54, 1.807) is 25.5 Å². The molecule has 1 atom stereocenters. The minimum absolute atomic E-state index is 0.311. The summed E-state index contributed by atoms with van der Waals surface area (Å²) < 4.78 is 31.1. The number of carbonyl (C=O) groups is 1. The van der Waals surface area contributed by atoms with E-state index in [9.17, 15) is 13.2 Å². The molecular formula is C7H15BrN2O4S. The number of amides is 1. The molecule has 0 fully saturated rings. The van der Waals surface area contributed by atoms with Crippen LogP contribution in [0.4, 0.5) is 4.79 Å². The maximum absolute atomic E-state index is 11.2. The quantitative estimate of drug-likeness (QED) is 0.734. The highest BCUT2D eigenvalue weighted by molar-refractivity contribution is 9.09. The summed E-state index contributed by atoms with van der Waals surface area (Å²) in [5.41, 5.74) is 0. The highest BCUT2D eigenvalue weighted by Gasteiger charge is 2.18. The van der Waals surface area contributed by atoms with Gasteiger partial charge < -0.3 is 4.74 Å². The fourth-order valence-electron chi connectivity index (χ4n) is 0.674. The van der Waals surface area contributed by atoms with Crippen molar-refractivity contribution in [1.82, 2.24) is 9.44 Å².